The number of carbonyl (C=O) groups is 1. The molecule has 0 saturated heterocycles. The molecular weight excluding hydrogens is 254 g/mol. The van der Waals surface area contributed by atoms with Crippen molar-refractivity contribution in [2.24, 2.45) is 11.7 Å². The van der Waals surface area contributed by atoms with E-state index >= 15 is 0 Å². The Labute approximate surface area is 111 Å². The van der Waals surface area contributed by atoms with E-state index in [9.17, 15) is 4.79 Å². The second-order valence-electron chi connectivity index (χ2n) is 4.65. The molecule has 0 radical (unpaired) electrons. The summed E-state index contributed by atoms with van der Waals surface area (Å²) in [5.41, 5.74) is 6.53. The Morgan fingerprint density at radius 2 is 2.28 bits per heavy atom. The number of aliphatic carboxylic acids is 1. The van der Waals surface area contributed by atoms with Gasteiger partial charge in [0.05, 0.1) is 18.1 Å². The molecule has 0 bridgehead atoms. The van der Waals surface area contributed by atoms with E-state index in [1.807, 2.05) is 0 Å². The van der Waals surface area contributed by atoms with Crippen molar-refractivity contribution in [1.29, 1.82) is 0 Å². The van der Waals surface area contributed by atoms with Crippen molar-refractivity contribution < 1.29 is 14.6 Å². The van der Waals surface area contributed by atoms with Crippen LogP contribution in [0.25, 0.3) is 0 Å². The molecule has 0 amide bonds. The highest BCUT2D eigenvalue weighted by molar-refractivity contribution is 6.32. The lowest BCUT2D eigenvalue weighted by molar-refractivity contribution is -0.137. The number of halogens is 1. The number of carboxylic acid groups (broad SMARTS) is 1. The average Bonchev–Trinajstić information content (AvgIpc) is 3.10. The fourth-order valence-electron chi connectivity index (χ4n) is 1.66. The summed E-state index contributed by atoms with van der Waals surface area (Å²) in [6.07, 6.45) is 2.30. The quantitative estimate of drug-likeness (QED) is 0.833. The number of benzene rings is 1. The Balaban J connectivity index is 2.06. The molecule has 1 aromatic carbocycles. The fourth-order valence-corrected chi connectivity index (χ4v) is 1.83. The molecule has 0 aromatic heterocycles. The zero-order chi connectivity index (χ0) is 13.1. The molecule has 0 aliphatic heterocycles. The predicted octanol–water partition coefficient (Wildman–Crippen LogP) is 2.60. The van der Waals surface area contributed by atoms with Crippen LogP contribution in [0.2, 0.25) is 5.02 Å². The number of hydrogen-bond acceptors (Lipinski definition) is 3. The van der Waals surface area contributed by atoms with E-state index < -0.39 is 12.0 Å². The van der Waals surface area contributed by atoms with Gasteiger partial charge in [-0.05, 0) is 36.5 Å². The third-order valence-electron chi connectivity index (χ3n) is 2.95. The predicted molar refractivity (Wildman–Crippen MR) is 68.9 cm³/mol. The Kier molecular flexibility index (Phi) is 4.09. The lowest BCUT2D eigenvalue weighted by Crippen LogP contribution is -2.15. The van der Waals surface area contributed by atoms with Crippen molar-refractivity contribution in [1.82, 2.24) is 0 Å². The monoisotopic (exact) mass is 269 g/mol. The van der Waals surface area contributed by atoms with Crippen LogP contribution >= 0.6 is 11.6 Å². The molecule has 1 aliphatic carbocycles. The zero-order valence-corrected chi connectivity index (χ0v) is 10.7. The maximum Gasteiger partial charge on any atom is 0.305 e. The number of nitrogens with two attached hydrogens (primary N) is 1. The Bertz CT molecular complexity index is 446. The van der Waals surface area contributed by atoms with E-state index in [1.54, 1.807) is 18.2 Å². The minimum absolute atomic E-state index is 0.107. The van der Waals surface area contributed by atoms with Gasteiger partial charge in [-0.3, -0.25) is 4.79 Å². The third-order valence-corrected chi connectivity index (χ3v) is 3.26. The van der Waals surface area contributed by atoms with Crippen molar-refractivity contribution in [3.05, 3.63) is 28.8 Å². The summed E-state index contributed by atoms with van der Waals surface area (Å²) in [7, 11) is 0. The molecule has 0 heterocycles. The van der Waals surface area contributed by atoms with Gasteiger partial charge in [-0.15, -0.1) is 0 Å². The number of hydrogen-bond donors (Lipinski definition) is 2. The van der Waals surface area contributed by atoms with Crippen LogP contribution in [0.3, 0.4) is 0 Å². The summed E-state index contributed by atoms with van der Waals surface area (Å²) >= 11 is 6.03. The van der Waals surface area contributed by atoms with Gasteiger partial charge in [0.15, 0.2) is 0 Å². The normalized spacial score (nSPS) is 16.3. The molecule has 1 saturated carbocycles. The van der Waals surface area contributed by atoms with Crippen molar-refractivity contribution >= 4 is 17.6 Å². The number of ether oxygens (including phenoxy) is 1. The highest BCUT2D eigenvalue weighted by Crippen LogP contribution is 2.33. The van der Waals surface area contributed by atoms with Gasteiger partial charge in [-0.2, -0.15) is 0 Å². The molecule has 98 valence electrons. The van der Waals surface area contributed by atoms with Crippen LogP contribution in [0.4, 0.5) is 0 Å². The van der Waals surface area contributed by atoms with Crippen LogP contribution in [0.15, 0.2) is 18.2 Å². The van der Waals surface area contributed by atoms with Crippen LogP contribution in [-0.2, 0) is 4.79 Å². The minimum Gasteiger partial charge on any atom is -0.492 e. The second kappa shape index (κ2) is 5.59. The van der Waals surface area contributed by atoms with Gasteiger partial charge >= 0.3 is 5.97 Å². The summed E-state index contributed by atoms with van der Waals surface area (Å²) < 4.78 is 5.62. The highest BCUT2D eigenvalue weighted by atomic mass is 35.5. The van der Waals surface area contributed by atoms with Crippen LogP contribution in [0, 0.1) is 5.92 Å². The number of rotatable bonds is 6. The summed E-state index contributed by atoms with van der Waals surface area (Å²) in [5.74, 6) is 0.303. The molecule has 4 nitrogen and oxygen atoms in total. The molecule has 1 unspecified atom stereocenters. The smallest absolute Gasteiger partial charge is 0.305 e. The van der Waals surface area contributed by atoms with E-state index in [0.717, 1.165) is 5.56 Å². The van der Waals surface area contributed by atoms with E-state index in [-0.39, 0.29) is 6.42 Å². The lowest BCUT2D eigenvalue weighted by Gasteiger charge is -2.13. The molecule has 5 heteroatoms. The SMILES string of the molecule is NC(CC(=O)O)c1ccc(Cl)c(OCC2CC2)c1. The first-order valence-electron chi connectivity index (χ1n) is 5.96. The maximum atomic E-state index is 10.6. The van der Waals surface area contributed by atoms with Crippen molar-refractivity contribution in [3.8, 4) is 5.75 Å². The first kappa shape index (κ1) is 13.2. The minimum atomic E-state index is -0.919. The summed E-state index contributed by atoms with van der Waals surface area (Å²) in [5, 5.41) is 9.25. The van der Waals surface area contributed by atoms with Gasteiger partial charge in [0.1, 0.15) is 5.75 Å². The van der Waals surface area contributed by atoms with Gasteiger partial charge in [-0.25, -0.2) is 0 Å². The van der Waals surface area contributed by atoms with Crippen LogP contribution in [0.5, 0.6) is 5.75 Å². The van der Waals surface area contributed by atoms with Crippen molar-refractivity contribution in [3.63, 3.8) is 0 Å². The zero-order valence-electron chi connectivity index (χ0n) is 9.93. The van der Waals surface area contributed by atoms with Crippen LogP contribution < -0.4 is 10.5 Å². The molecule has 1 atom stereocenters. The fraction of sp³-hybridized carbons (Fsp3) is 0.462. The molecular formula is C13H16ClNO3. The van der Waals surface area contributed by atoms with Crippen LogP contribution in [0.1, 0.15) is 30.9 Å². The summed E-state index contributed by atoms with van der Waals surface area (Å²) in [4.78, 5) is 10.6. The van der Waals surface area contributed by atoms with E-state index in [0.29, 0.717) is 23.3 Å². The van der Waals surface area contributed by atoms with E-state index in [1.165, 1.54) is 12.8 Å². The average molecular weight is 270 g/mol. The van der Waals surface area contributed by atoms with E-state index in [2.05, 4.69) is 0 Å². The Morgan fingerprint density at radius 3 is 2.89 bits per heavy atom. The van der Waals surface area contributed by atoms with Gasteiger partial charge in [-0.1, -0.05) is 17.7 Å². The van der Waals surface area contributed by atoms with Crippen molar-refractivity contribution in [2.75, 3.05) is 6.61 Å². The van der Waals surface area contributed by atoms with Gasteiger partial charge < -0.3 is 15.6 Å². The highest BCUT2D eigenvalue weighted by Gasteiger charge is 2.22. The topological polar surface area (TPSA) is 72.6 Å². The first-order valence-corrected chi connectivity index (χ1v) is 6.33. The molecule has 1 fully saturated rings. The number of carboxylic acids is 1. The molecule has 0 spiro atoms. The second-order valence-corrected chi connectivity index (χ2v) is 5.06. The summed E-state index contributed by atoms with van der Waals surface area (Å²) in [6.45, 7) is 0.664. The standard InChI is InChI=1S/C13H16ClNO3/c14-10-4-3-9(11(15)6-13(16)17)5-12(10)18-7-8-1-2-8/h3-5,8,11H,1-2,6-7,15H2,(H,16,17). The van der Waals surface area contributed by atoms with Gasteiger partial charge in [0, 0.05) is 6.04 Å². The molecule has 3 N–H and O–H groups in total. The molecule has 1 aromatic rings. The van der Waals surface area contributed by atoms with E-state index in [4.69, 9.17) is 27.2 Å². The Morgan fingerprint density at radius 1 is 1.56 bits per heavy atom. The van der Waals surface area contributed by atoms with Crippen LogP contribution in [-0.4, -0.2) is 17.7 Å². The first-order chi connectivity index (χ1) is 8.56. The maximum absolute atomic E-state index is 10.6. The van der Waals surface area contributed by atoms with Crippen molar-refractivity contribution in [2.45, 2.75) is 25.3 Å². The lowest BCUT2D eigenvalue weighted by atomic mass is 10.0. The summed E-state index contributed by atoms with van der Waals surface area (Å²) in [6, 6.07) is 4.63. The molecule has 2 rings (SSSR count). The third kappa shape index (κ3) is 3.62. The van der Waals surface area contributed by atoms with Gasteiger partial charge in [0.2, 0.25) is 0 Å². The largest absolute Gasteiger partial charge is 0.492 e. The van der Waals surface area contributed by atoms with Gasteiger partial charge in [0.25, 0.3) is 0 Å². The Hall–Kier alpha value is -1.26. The molecule has 1 aliphatic rings. The molecule has 18 heavy (non-hydrogen) atoms.